The Morgan fingerprint density at radius 1 is 0.507 bits per heavy atom. The molecule has 9 N–H and O–H groups in total. The van der Waals surface area contributed by atoms with Gasteiger partial charge >= 0.3 is 0 Å². The van der Waals surface area contributed by atoms with Crippen LogP contribution in [0.5, 0.6) is 0 Å². The van der Waals surface area contributed by atoms with E-state index in [4.69, 9.17) is 18.9 Å². The number of aliphatic hydroxyl groups is 8. The summed E-state index contributed by atoms with van der Waals surface area (Å²) in [6, 6.07) is -0.957. The summed E-state index contributed by atoms with van der Waals surface area (Å²) in [5, 5.41) is 86.9. The zero-order chi connectivity index (χ0) is 53.2. The van der Waals surface area contributed by atoms with Crippen molar-refractivity contribution in [1.82, 2.24) is 5.32 Å². The van der Waals surface area contributed by atoms with Crippen molar-refractivity contribution in [2.75, 3.05) is 19.8 Å². The SMILES string of the molecule is CC/C=C\C/C=C\C/C=C\C/C=C\CCCCC(=O)NC(COC1OC(CO)C(OC2OC(CO)C(O)C(O)C2O)C(O)C1O)C(O)/C=C/CC/C=C/CCCCCCCCCCCCCCCCCCCC. The molecule has 2 aliphatic heterocycles. The van der Waals surface area contributed by atoms with E-state index in [1.807, 2.05) is 6.08 Å². The molecule has 2 heterocycles. The van der Waals surface area contributed by atoms with Crippen LogP contribution < -0.4 is 5.32 Å². The van der Waals surface area contributed by atoms with Gasteiger partial charge in [0.1, 0.15) is 48.8 Å². The largest absolute Gasteiger partial charge is 0.394 e. The average molecular weight is 1030 g/mol. The Labute approximate surface area is 440 Å². The van der Waals surface area contributed by atoms with Gasteiger partial charge in [0, 0.05) is 6.42 Å². The number of hydrogen-bond acceptors (Lipinski definition) is 13. The summed E-state index contributed by atoms with van der Waals surface area (Å²) in [5.74, 6) is -0.292. The summed E-state index contributed by atoms with van der Waals surface area (Å²) in [7, 11) is 0. The third-order valence-electron chi connectivity index (χ3n) is 13.6. The summed E-state index contributed by atoms with van der Waals surface area (Å²) >= 11 is 0. The molecule has 0 aromatic heterocycles. The molecular weight excluding hydrogens is 931 g/mol. The van der Waals surface area contributed by atoms with Crippen molar-refractivity contribution in [3.8, 4) is 0 Å². The maximum Gasteiger partial charge on any atom is 0.220 e. The van der Waals surface area contributed by atoms with Crippen LogP contribution in [0.4, 0.5) is 0 Å². The highest BCUT2D eigenvalue weighted by atomic mass is 16.7. The lowest BCUT2D eigenvalue weighted by Gasteiger charge is -2.46. The summed E-state index contributed by atoms with van der Waals surface area (Å²) in [4.78, 5) is 13.2. The average Bonchev–Trinajstić information content (AvgIpc) is 3.39. The van der Waals surface area contributed by atoms with E-state index in [0.29, 0.717) is 12.8 Å². The van der Waals surface area contributed by atoms with Crippen LogP contribution in [0.2, 0.25) is 0 Å². The number of unbranched alkanes of at least 4 members (excludes halogenated alkanes) is 21. The zero-order valence-corrected chi connectivity index (χ0v) is 45.1. The molecule has 14 nitrogen and oxygen atoms in total. The van der Waals surface area contributed by atoms with Crippen molar-refractivity contribution in [3.63, 3.8) is 0 Å². The summed E-state index contributed by atoms with van der Waals surface area (Å²) in [6.07, 6.45) is 41.0. The summed E-state index contributed by atoms with van der Waals surface area (Å²) < 4.78 is 22.7. The fourth-order valence-corrected chi connectivity index (χ4v) is 9.00. The van der Waals surface area contributed by atoms with E-state index in [0.717, 1.165) is 51.4 Å². The summed E-state index contributed by atoms with van der Waals surface area (Å²) in [5.41, 5.74) is 0. The highest BCUT2D eigenvalue weighted by Crippen LogP contribution is 2.30. The lowest BCUT2D eigenvalue weighted by molar-refractivity contribution is -0.359. The predicted octanol–water partition coefficient (Wildman–Crippen LogP) is 9.16. The molecule has 0 saturated carbocycles. The molecule has 2 aliphatic rings. The first-order valence-electron chi connectivity index (χ1n) is 28.7. The van der Waals surface area contributed by atoms with E-state index >= 15 is 0 Å². The number of amides is 1. The Kier molecular flexibility index (Phi) is 40.6. The van der Waals surface area contributed by atoms with E-state index in [1.54, 1.807) is 6.08 Å². The van der Waals surface area contributed by atoms with Crippen LogP contribution in [0.1, 0.15) is 200 Å². The lowest BCUT2D eigenvalue weighted by Crippen LogP contribution is -2.65. The Bertz CT molecular complexity index is 1500. The Morgan fingerprint density at radius 2 is 0.959 bits per heavy atom. The van der Waals surface area contributed by atoms with Crippen LogP contribution in [0.25, 0.3) is 0 Å². The molecule has 0 spiro atoms. The van der Waals surface area contributed by atoms with Gasteiger partial charge in [0.05, 0.1) is 32.0 Å². The van der Waals surface area contributed by atoms with E-state index in [-0.39, 0.29) is 18.9 Å². The minimum atomic E-state index is -1.80. The van der Waals surface area contributed by atoms with Crippen LogP contribution in [0.3, 0.4) is 0 Å². The minimum absolute atomic E-state index is 0.218. The number of nitrogens with one attached hydrogen (secondary N) is 1. The molecule has 12 unspecified atom stereocenters. The Hall–Kier alpha value is -2.57. The van der Waals surface area contributed by atoms with Gasteiger partial charge in [0.15, 0.2) is 12.6 Å². The number of hydrogen-bond donors (Lipinski definition) is 9. The van der Waals surface area contributed by atoms with Crippen LogP contribution in [-0.4, -0.2) is 140 Å². The van der Waals surface area contributed by atoms with Crippen molar-refractivity contribution < 1.29 is 64.6 Å². The molecule has 73 heavy (non-hydrogen) atoms. The van der Waals surface area contributed by atoms with Gasteiger partial charge in [-0.25, -0.2) is 0 Å². The first-order valence-corrected chi connectivity index (χ1v) is 28.7. The van der Waals surface area contributed by atoms with Gasteiger partial charge in [-0.15, -0.1) is 0 Å². The van der Waals surface area contributed by atoms with Gasteiger partial charge in [0.2, 0.25) is 5.91 Å². The van der Waals surface area contributed by atoms with E-state index in [9.17, 15) is 45.6 Å². The molecule has 0 radical (unpaired) electrons. The third-order valence-corrected chi connectivity index (χ3v) is 13.6. The maximum atomic E-state index is 13.2. The highest BCUT2D eigenvalue weighted by Gasteiger charge is 2.51. The molecule has 2 saturated heterocycles. The molecule has 0 bridgehead atoms. The van der Waals surface area contributed by atoms with Crippen molar-refractivity contribution in [2.24, 2.45) is 0 Å². The van der Waals surface area contributed by atoms with Gasteiger partial charge < -0.3 is 65.1 Å². The predicted molar refractivity (Wildman–Crippen MR) is 290 cm³/mol. The van der Waals surface area contributed by atoms with Crippen LogP contribution in [0, 0.1) is 0 Å². The maximum absolute atomic E-state index is 13.2. The molecule has 0 aromatic rings. The van der Waals surface area contributed by atoms with Crippen molar-refractivity contribution in [3.05, 3.63) is 72.9 Å². The van der Waals surface area contributed by atoms with Crippen molar-refractivity contribution in [1.29, 1.82) is 0 Å². The third kappa shape index (κ3) is 30.7. The number of ether oxygens (including phenoxy) is 4. The molecule has 14 heteroatoms. The number of carbonyl (C=O) groups excluding carboxylic acids is 1. The van der Waals surface area contributed by atoms with Gasteiger partial charge in [-0.2, -0.15) is 0 Å². The van der Waals surface area contributed by atoms with Crippen molar-refractivity contribution >= 4 is 5.91 Å². The molecule has 1 amide bonds. The fourth-order valence-electron chi connectivity index (χ4n) is 9.00. The second kappa shape index (κ2) is 44.5. The molecule has 2 rings (SSSR count). The lowest BCUT2D eigenvalue weighted by atomic mass is 9.97. The van der Waals surface area contributed by atoms with Gasteiger partial charge in [-0.1, -0.05) is 196 Å². The van der Waals surface area contributed by atoms with Gasteiger partial charge in [0.25, 0.3) is 0 Å². The van der Waals surface area contributed by atoms with Crippen LogP contribution in [0.15, 0.2) is 72.9 Å². The first kappa shape index (κ1) is 66.5. The number of aliphatic hydroxyl groups excluding tert-OH is 8. The molecule has 422 valence electrons. The van der Waals surface area contributed by atoms with E-state index < -0.39 is 86.8 Å². The van der Waals surface area contributed by atoms with Crippen LogP contribution in [-0.2, 0) is 23.7 Å². The normalized spacial score (nSPS) is 25.9. The molecule has 2 fully saturated rings. The molecular formula is C59H103NO13. The summed E-state index contributed by atoms with van der Waals surface area (Å²) in [6.45, 7) is 2.63. The standard InChI is InChI=1S/C59H103NO13/c1-3-5-7-9-11-13-15-17-19-20-21-22-23-24-25-26-27-29-30-32-34-36-38-40-42-48(63)47(60-51(64)43-41-39-37-35-33-31-28-18-16-14-12-10-8-6-4-2)46-70-58-56(69)54(67)57(50(45-62)72-58)73-59-55(68)53(66)52(65)49(44-61)71-59/h6,8,12,14,18,28,32-35,40,42,47-50,52-59,61-63,65-69H,3-5,7,9-11,13,15-17,19-27,29-31,36-39,41,43-46H2,1-2H3,(H,60,64)/b8-6-,14-12-,28-18-,34-32+,35-33-,42-40+. The molecule has 0 aliphatic carbocycles. The second-order valence-electron chi connectivity index (χ2n) is 20.0. The smallest absolute Gasteiger partial charge is 0.220 e. The number of allylic oxidation sites excluding steroid dienone is 11. The van der Waals surface area contributed by atoms with Gasteiger partial charge in [-0.3, -0.25) is 4.79 Å². The quantitative estimate of drug-likeness (QED) is 0.0205. The number of rotatable bonds is 44. The second-order valence-corrected chi connectivity index (χ2v) is 20.0. The van der Waals surface area contributed by atoms with E-state index in [1.165, 1.54) is 116 Å². The number of carbonyl (C=O) groups is 1. The zero-order valence-electron chi connectivity index (χ0n) is 45.1. The Balaban J connectivity index is 1.81. The minimum Gasteiger partial charge on any atom is -0.394 e. The topological polar surface area (TPSA) is 228 Å². The Morgan fingerprint density at radius 3 is 1.51 bits per heavy atom. The van der Waals surface area contributed by atoms with E-state index in [2.05, 4.69) is 79.9 Å². The van der Waals surface area contributed by atoms with Crippen LogP contribution >= 0.6 is 0 Å². The highest BCUT2D eigenvalue weighted by molar-refractivity contribution is 5.76. The fraction of sp³-hybridized carbons (Fsp3) is 0.780. The van der Waals surface area contributed by atoms with Crippen molar-refractivity contribution in [2.45, 2.75) is 274 Å². The monoisotopic (exact) mass is 1030 g/mol. The first-order chi connectivity index (χ1) is 35.6. The van der Waals surface area contributed by atoms with Gasteiger partial charge in [-0.05, 0) is 70.6 Å². The molecule has 0 aromatic carbocycles. The molecule has 12 atom stereocenters.